The molecule has 5 rings (SSSR count). The Morgan fingerprint density at radius 2 is 1.95 bits per heavy atom. The number of piperidine rings is 1. The highest BCUT2D eigenvalue weighted by Gasteiger charge is 2.25. The van der Waals surface area contributed by atoms with Crippen LogP contribution in [0.25, 0.3) is 11.3 Å². The normalized spacial score (nSPS) is 17.7. The number of hydrogen-bond acceptors (Lipinski definition) is 7. The van der Waals surface area contributed by atoms with Crippen LogP contribution in [0, 0.1) is 23.4 Å². The van der Waals surface area contributed by atoms with E-state index in [1.807, 2.05) is 0 Å². The van der Waals surface area contributed by atoms with E-state index in [0.717, 1.165) is 32.2 Å². The van der Waals surface area contributed by atoms with Gasteiger partial charge in [-0.3, -0.25) is 4.72 Å². The van der Waals surface area contributed by atoms with Gasteiger partial charge in [0.25, 0.3) is 0 Å². The van der Waals surface area contributed by atoms with Crippen molar-refractivity contribution in [2.75, 3.05) is 29.3 Å². The number of halogens is 4. The fraction of sp³-hybridized carbons (Fsp3) is 0.400. The zero-order chi connectivity index (χ0) is 27.1. The summed E-state index contributed by atoms with van der Waals surface area (Å²) in [4.78, 5) is 11.8. The number of aromatic nitrogens is 3. The molecule has 1 aliphatic carbocycles. The summed E-state index contributed by atoms with van der Waals surface area (Å²) in [6.45, 7) is 1.57. The first-order chi connectivity index (χ1) is 18.3. The van der Waals surface area contributed by atoms with Crippen molar-refractivity contribution in [1.29, 1.82) is 0 Å². The van der Waals surface area contributed by atoms with Crippen molar-refractivity contribution in [2.24, 2.45) is 5.92 Å². The molecule has 0 spiro atoms. The molecular weight excluding hydrogens is 524 g/mol. The molecule has 38 heavy (non-hydrogen) atoms. The Kier molecular flexibility index (Phi) is 9.45. The second-order valence-electron chi connectivity index (χ2n) is 8.95. The first kappa shape index (κ1) is 27.7. The van der Waals surface area contributed by atoms with Crippen molar-refractivity contribution >= 4 is 22.6 Å². The van der Waals surface area contributed by atoms with E-state index in [-0.39, 0.29) is 17.6 Å². The molecule has 0 amide bonds. The lowest BCUT2D eigenvalue weighted by Gasteiger charge is -2.14. The minimum atomic E-state index is -1.73. The van der Waals surface area contributed by atoms with Gasteiger partial charge in [-0.05, 0) is 49.9 Å². The Morgan fingerprint density at radius 1 is 1.13 bits per heavy atom. The Balaban J connectivity index is 0.000000417. The largest absolute Gasteiger partial charge is 0.435 e. The van der Waals surface area contributed by atoms with Gasteiger partial charge < -0.3 is 15.8 Å². The summed E-state index contributed by atoms with van der Waals surface area (Å²) in [5.74, 6) is -4.23. The molecule has 1 saturated heterocycles. The van der Waals surface area contributed by atoms with Crippen molar-refractivity contribution in [3.8, 4) is 22.9 Å². The van der Waals surface area contributed by atoms with Crippen LogP contribution < -0.4 is 20.5 Å². The first-order valence-electron chi connectivity index (χ1n) is 12.2. The Morgan fingerprint density at radius 3 is 2.61 bits per heavy atom. The predicted molar refractivity (Wildman–Crippen MR) is 137 cm³/mol. The fourth-order valence-corrected chi connectivity index (χ4v) is 4.75. The van der Waals surface area contributed by atoms with Crippen LogP contribution in [0.15, 0.2) is 36.7 Å². The average molecular weight is 553 g/mol. The molecule has 4 N–H and O–H groups in total. The zero-order valence-corrected chi connectivity index (χ0v) is 21.2. The minimum absolute atomic E-state index is 0.000635. The van der Waals surface area contributed by atoms with Crippen molar-refractivity contribution in [1.82, 2.24) is 20.3 Å². The molecular formula is C25H28F4N6O2S. The molecule has 13 heteroatoms. The molecule has 2 aliphatic rings. The van der Waals surface area contributed by atoms with Crippen LogP contribution in [-0.2, 0) is 11.0 Å². The van der Waals surface area contributed by atoms with Crippen LogP contribution in [0.3, 0.4) is 0 Å². The number of nitrogens with one attached hydrogen (secondary N) is 2. The molecule has 0 radical (unpaired) electrons. The maximum atomic E-state index is 14.6. The van der Waals surface area contributed by atoms with Gasteiger partial charge in [0.2, 0.25) is 17.6 Å². The van der Waals surface area contributed by atoms with E-state index in [1.165, 1.54) is 18.5 Å². The molecule has 3 heterocycles. The number of alkyl halides is 1. The van der Waals surface area contributed by atoms with E-state index in [1.54, 1.807) is 12.1 Å². The van der Waals surface area contributed by atoms with Crippen LogP contribution in [0.4, 0.5) is 29.2 Å². The van der Waals surface area contributed by atoms with Gasteiger partial charge in [-0.15, -0.1) is 0 Å². The van der Waals surface area contributed by atoms with Crippen molar-refractivity contribution in [3.63, 3.8) is 0 Å². The molecule has 0 bridgehead atoms. The van der Waals surface area contributed by atoms with Gasteiger partial charge in [0.05, 0.1) is 11.3 Å². The number of nitrogens with two attached hydrogens (primary N) is 1. The number of ether oxygens (including phenoxy) is 1. The lowest BCUT2D eigenvalue weighted by molar-refractivity contribution is 0.266. The van der Waals surface area contributed by atoms with E-state index in [2.05, 4.69) is 25.0 Å². The lowest BCUT2D eigenvalue weighted by atomic mass is 10.1. The topological polar surface area (TPSA) is 115 Å². The summed E-state index contributed by atoms with van der Waals surface area (Å²) < 4.78 is 75.4. The maximum Gasteiger partial charge on any atom is 0.228 e. The van der Waals surface area contributed by atoms with Crippen LogP contribution in [-0.4, -0.2) is 44.2 Å². The van der Waals surface area contributed by atoms with Gasteiger partial charge in [0.15, 0.2) is 17.4 Å². The fourth-order valence-electron chi connectivity index (χ4n) is 3.69. The van der Waals surface area contributed by atoms with Gasteiger partial charge in [0.1, 0.15) is 22.8 Å². The summed E-state index contributed by atoms with van der Waals surface area (Å²) in [6, 6.07) is 5.36. The number of rotatable bonds is 8. The number of nitrogens with zero attached hydrogens (tertiary/aromatic N) is 3. The molecule has 1 aromatic carbocycles. The molecule has 3 aromatic rings. The molecule has 1 aliphatic heterocycles. The van der Waals surface area contributed by atoms with Crippen LogP contribution in [0.5, 0.6) is 11.6 Å². The Bertz CT molecular complexity index is 1270. The molecule has 2 unspecified atom stereocenters. The van der Waals surface area contributed by atoms with E-state index in [4.69, 9.17) is 10.5 Å². The van der Waals surface area contributed by atoms with Crippen LogP contribution >= 0.6 is 0 Å². The van der Waals surface area contributed by atoms with Gasteiger partial charge in [-0.25, -0.2) is 32.3 Å². The quantitative estimate of drug-likeness (QED) is 0.269. The number of benzene rings is 1. The zero-order valence-electron chi connectivity index (χ0n) is 20.4. The van der Waals surface area contributed by atoms with E-state index < -0.39 is 46.0 Å². The summed E-state index contributed by atoms with van der Waals surface area (Å²) in [6.07, 6.45) is 6.78. The highest BCUT2D eigenvalue weighted by molar-refractivity contribution is 7.86. The Hall–Kier alpha value is -3.32. The third-order valence-corrected chi connectivity index (χ3v) is 6.95. The van der Waals surface area contributed by atoms with Gasteiger partial charge in [-0.2, -0.15) is 4.39 Å². The number of pyridine rings is 1. The SMILES string of the molecule is FC1CCCNC1.Nc1nccc(-c2cccnc2Oc2cc(F)c(NS(=O)CCC3CC3)c(F)c2F)n1. The number of nitrogen functional groups attached to an aromatic ring is 1. The summed E-state index contributed by atoms with van der Waals surface area (Å²) in [7, 11) is -1.73. The maximum absolute atomic E-state index is 14.6. The molecule has 2 fully saturated rings. The molecule has 2 atom stereocenters. The van der Waals surface area contributed by atoms with Crippen molar-refractivity contribution < 1.29 is 26.5 Å². The molecule has 204 valence electrons. The van der Waals surface area contributed by atoms with Crippen LogP contribution in [0.2, 0.25) is 0 Å². The third kappa shape index (κ3) is 7.60. The van der Waals surface area contributed by atoms with Gasteiger partial charge in [-0.1, -0.05) is 12.8 Å². The highest BCUT2D eigenvalue weighted by Crippen LogP contribution is 2.36. The van der Waals surface area contributed by atoms with Gasteiger partial charge >= 0.3 is 0 Å². The van der Waals surface area contributed by atoms with Crippen LogP contribution in [0.1, 0.15) is 32.1 Å². The minimum Gasteiger partial charge on any atom is -0.435 e. The van der Waals surface area contributed by atoms with Gasteiger partial charge in [0, 0.05) is 30.8 Å². The Labute approximate surface area is 220 Å². The monoisotopic (exact) mass is 552 g/mol. The standard InChI is InChI=1S/C20H18F3N5O2S.C5H10FN/c21-13-10-15(16(22)17(23)18(13)28-31(29)9-6-11-3-4-11)30-19-12(2-1-7-25-19)14-5-8-26-20(24)27-14;6-5-2-1-3-7-4-5/h1-2,5,7-8,10-11,28H,3-4,6,9H2,(H2,24,26,27);5,7H,1-4H2. The number of anilines is 2. The third-order valence-electron chi connectivity index (χ3n) is 5.91. The second kappa shape index (κ2) is 13.0. The molecule has 2 aromatic heterocycles. The number of hydrogen-bond donors (Lipinski definition) is 3. The van der Waals surface area contributed by atoms with Crippen molar-refractivity contribution in [3.05, 3.63) is 54.1 Å². The summed E-state index contributed by atoms with van der Waals surface area (Å²) >= 11 is 0. The predicted octanol–water partition coefficient (Wildman–Crippen LogP) is 4.91. The second-order valence-corrected chi connectivity index (χ2v) is 10.2. The summed E-state index contributed by atoms with van der Waals surface area (Å²) in [5, 5.41) is 2.96. The van der Waals surface area contributed by atoms with E-state index in [9.17, 15) is 21.8 Å². The first-order valence-corrected chi connectivity index (χ1v) is 13.5. The highest BCUT2D eigenvalue weighted by atomic mass is 32.2. The lowest BCUT2D eigenvalue weighted by Crippen LogP contribution is -2.30. The molecule has 1 saturated carbocycles. The van der Waals surface area contributed by atoms with Crippen molar-refractivity contribution in [2.45, 2.75) is 38.3 Å². The average Bonchev–Trinajstić information content (AvgIpc) is 3.74. The summed E-state index contributed by atoms with van der Waals surface area (Å²) in [5.41, 5.74) is 5.44. The smallest absolute Gasteiger partial charge is 0.228 e. The molecule has 8 nitrogen and oxygen atoms in total. The van der Waals surface area contributed by atoms with E-state index in [0.29, 0.717) is 36.2 Å². The van der Waals surface area contributed by atoms with E-state index >= 15 is 0 Å².